The minimum Gasteiger partial charge on any atom is -0.478 e. The molecule has 0 spiro atoms. The molecule has 2 atom stereocenters. The first-order valence-electron chi connectivity index (χ1n) is 5.37. The number of aromatic carboxylic acids is 1. The Morgan fingerprint density at radius 2 is 1.94 bits per heavy atom. The van der Waals surface area contributed by atoms with Gasteiger partial charge in [0, 0.05) is 0 Å². The minimum absolute atomic E-state index is 0.0671. The Balaban J connectivity index is 2.80. The molecule has 0 aliphatic heterocycles. The van der Waals surface area contributed by atoms with Crippen LogP contribution in [0.2, 0.25) is 0 Å². The van der Waals surface area contributed by atoms with E-state index in [9.17, 15) is 14.0 Å². The van der Waals surface area contributed by atoms with Crippen molar-refractivity contribution in [3.63, 3.8) is 0 Å². The van der Waals surface area contributed by atoms with Crippen molar-refractivity contribution in [2.45, 2.75) is 19.1 Å². The van der Waals surface area contributed by atoms with Crippen molar-refractivity contribution in [2.75, 3.05) is 6.61 Å². The number of halogens is 1. The fraction of sp³-hybridized carbons (Fsp3) is 0.333. The summed E-state index contributed by atoms with van der Waals surface area (Å²) in [6, 6.07) is 4.18. The van der Waals surface area contributed by atoms with Crippen molar-refractivity contribution in [1.29, 1.82) is 0 Å². The van der Waals surface area contributed by atoms with Crippen LogP contribution in [-0.4, -0.2) is 29.8 Å². The van der Waals surface area contributed by atoms with Crippen LogP contribution in [0.25, 0.3) is 0 Å². The summed E-state index contributed by atoms with van der Waals surface area (Å²) in [4.78, 5) is 21.8. The lowest BCUT2D eigenvalue weighted by molar-refractivity contribution is -0.149. The van der Waals surface area contributed by atoms with Gasteiger partial charge in [0.05, 0.1) is 18.2 Å². The summed E-state index contributed by atoms with van der Waals surface area (Å²) >= 11 is 0. The van der Waals surface area contributed by atoms with E-state index in [-0.39, 0.29) is 12.2 Å². The summed E-state index contributed by atoms with van der Waals surface area (Å²) in [5, 5.41) is 8.70. The summed E-state index contributed by atoms with van der Waals surface area (Å²) in [7, 11) is 0. The largest absolute Gasteiger partial charge is 0.478 e. The van der Waals surface area contributed by atoms with Crippen LogP contribution in [0.3, 0.4) is 0 Å². The molecule has 0 heterocycles. The average Bonchev–Trinajstić information content (AvgIpc) is 2.37. The number of hydrogen-bond acceptors (Lipinski definition) is 4. The highest BCUT2D eigenvalue weighted by Gasteiger charge is 2.27. The Bertz CT molecular complexity index is 432. The van der Waals surface area contributed by atoms with Gasteiger partial charge in [0.25, 0.3) is 0 Å². The number of carbonyl (C=O) groups excluding carboxylic acids is 1. The number of rotatable bonds is 5. The van der Waals surface area contributed by atoms with E-state index < -0.39 is 24.2 Å². The average molecular weight is 255 g/mol. The Morgan fingerprint density at radius 3 is 2.39 bits per heavy atom. The van der Waals surface area contributed by atoms with E-state index in [0.717, 1.165) is 0 Å². The third-order valence-electron chi connectivity index (χ3n) is 2.37. The lowest BCUT2D eigenvalue weighted by Gasteiger charge is -2.15. The molecule has 0 saturated carbocycles. The molecule has 0 amide bonds. The summed E-state index contributed by atoms with van der Waals surface area (Å²) in [6.45, 7) is 1.64. The molecular formula is C12H14FNO4. The van der Waals surface area contributed by atoms with Gasteiger partial charge in [-0.05, 0) is 24.6 Å². The summed E-state index contributed by atoms with van der Waals surface area (Å²) in [5.41, 5.74) is 5.97. The molecule has 0 aliphatic rings. The number of carboxylic acid groups (broad SMARTS) is 1. The molecule has 5 nitrogen and oxygen atoms in total. The van der Waals surface area contributed by atoms with E-state index in [1.54, 1.807) is 6.92 Å². The first-order valence-corrected chi connectivity index (χ1v) is 5.37. The van der Waals surface area contributed by atoms with E-state index >= 15 is 0 Å². The number of nitrogens with two attached hydrogens (primary N) is 1. The molecular weight excluding hydrogens is 241 g/mol. The monoisotopic (exact) mass is 255 g/mol. The molecule has 1 aromatic rings. The number of carbonyl (C=O) groups is 2. The van der Waals surface area contributed by atoms with Crippen molar-refractivity contribution >= 4 is 11.9 Å². The number of carboxylic acids is 1. The molecule has 1 aromatic carbocycles. The van der Waals surface area contributed by atoms with Crippen LogP contribution in [0.15, 0.2) is 24.3 Å². The Morgan fingerprint density at radius 1 is 1.39 bits per heavy atom. The molecule has 0 fully saturated rings. The molecule has 0 aromatic heterocycles. The van der Waals surface area contributed by atoms with Crippen molar-refractivity contribution < 1.29 is 23.8 Å². The number of alkyl halides is 1. The standard InChI is InChI=1S/C12H14FNO4/c1-2-18-12(17)9(13)10(14)7-3-5-8(6-4-7)11(15)16/h3-6,9-10H,2,14H2,1H3,(H,15,16)/t9?,10-/m0/s1. The van der Waals surface area contributed by atoms with Gasteiger partial charge in [0.1, 0.15) is 0 Å². The molecule has 1 unspecified atom stereocenters. The second-order valence-electron chi connectivity index (χ2n) is 3.61. The Labute approximate surface area is 103 Å². The fourth-order valence-corrected chi connectivity index (χ4v) is 1.39. The molecule has 0 saturated heterocycles. The maximum absolute atomic E-state index is 13.6. The Kier molecular flexibility index (Phi) is 4.79. The number of ether oxygens (including phenoxy) is 1. The lowest BCUT2D eigenvalue weighted by Crippen LogP contribution is -2.31. The molecule has 3 N–H and O–H groups in total. The SMILES string of the molecule is CCOC(=O)C(F)[C@@H](N)c1ccc(C(=O)O)cc1. The van der Waals surface area contributed by atoms with Gasteiger partial charge < -0.3 is 15.6 Å². The molecule has 0 aliphatic carbocycles. The van der Waals surface area contributed by atoms with Crippen LogP contribution in [0.1, 0.15) is 28.9 Å². The van der Waals surface area contributed by atoms with Gasteiger partial charge in [0.2, 0.25) is 6.17 Å². The maximum Gasteiger partial charge on any atom is 0.342 e. The third-order valence-corrected chi connectivity index (χ3v) is 2.37. The van der Waals surface area contributed by atoms with Crippen LogP contribution in [0.4, 0.5) is 4.39 Å². The van der Waals surface area contributed by atoms with E-state index in [4.69, 9.17) is 10.8 Å². The quantitative estimate of drug-likeness (QED) is 0.774. The van der Waals surface area contributed by atoms with Crippen molar-refractivity contribution in [3.05, 3.63) is 35.4 Å². The molecule has 0 radical (unpaired) electrons. The molecule has 98 valence electrons. The zero-order chi connectivity index (χ0) is 13.7. The van der Waals surface area contributed by atoms with Gasteiger partial charge in [-0.15, -0.1) is 0 Å². The molecule has 18 heavy (non-hydrogen) atoms. The number of benzene rings is 1. The smallest absolute Gasteiger partial charge is 0.342 e. The van der Waals surface area contributed by atoms with Crippen LogP contribution < -0.4 is 5.73 Å². The van der Waals surface area contributed by atoms with Crippen LogP contribution in [0, 0.1) is 0 Å². The van der Waals surface area contributed by atoms with Gasteiger partial charge in [-0.1, -0.05) is 12.1 Å². The number of esters is 1. The summed E-state index contributed by atoms with van der Waals surface area (Å²) < 4.78 is 18.1. The summed E-state index contributed by atoms with van der Waals surface area (Å²) in [6.07, 6.45) is -1.97. The topological polar surface area (TPSA) is 89.6 Å². The van der Waals surface area contributed by atoms with E-state index in [1.165, 1.54) is 24.3 Å². The Hall–Kier alpha value is -1.95. The highest BCUT2D eigenvalue weighted by Crippen LogP contribution is 2.18. The second-order valence-corrected chi connectivity index (χ2v) is 3.61. The molecule has 6 heteroatoms. The van der Waals surface area contributed by atoms with E-state index in [1.807, 2.05) is 0 Å². The van der Waals surface area contributed by atoms with Crippen molar-refractivity contribution in [3.8, 4) is 0 Å². The van der Waals surface area contributed by atoms with Gasteiger partial charge in [-0.3, -0.25) is 0 Å². The zero-order valence-electron chi connectivity index (χ0n) is 9.80. The normalized spacial score (nSPS) is 13.7. The van der Waals surface area contributed by atoms with Crippen LogP contribution in [0.5, 0.6) is 0 Å². The van der Waals surface area contributed by atoms with E-state index in [0.29, 0.717) is 5.56 Å². The summed E-state index contributed by atoms with van der Waals surface area (Å²) in [5.74, 6) is -2.11. The zero-order valence-corrected chi connectivity index (χ0v) is 9.80. The number of hydrogen-bond donors (Lipinski definition) is 2. The first kappa shape index (κ1) is 14.1. The van der Waals surface area contributed by atoms with Crippen molar-refractivity contribution in [1.82, 2.24) is 0 Å². The van der Waals surface area contributed by atoms with Crippen LogP contribution in [-0.2, 0) is 9.53 Å². The van der Waals surface area contributed by atoms with Crippen molar-refractivity contribution in [2.24, 2.45) is 5.73 Å². The minimum atomic E-state index is -1.97. The second kappa shape index (κ2) is 6.11. The fourth-order valence-electron chi connectivity index (χ4n) is 1.39. The van der Waals surface area contributed by atoms with E-state index in [2.05, 4.69) is 4.74 Å². The predicted octanol–water partition coefficient (Wildman–Crippen LogP) is 1.29. The lowest BCUT2D eigenvalue weighted by atomic mass is 10.0. The molecule has 1 rings (SSSR count). The molecule has 0 bridgehead atoms. The van der Waals surface area contributed by atoms with Gasteiger partial charge in [-0.25, -0.2) is 14.0 Å². The van der Waals surface area contributed by atoms with Gasteiger partial charge in [0.15, 0.2) is 0 Å². The van der Waals surface area contributed by atoms with Gasteiger partial charge in [-0.2, -0.15) is 0 Å². The maximum atomic E-state index is 13.6. The van der Waals surface area contributed by atoms with Gasteiger partial charge >= 0.3 is 11.9 Å². The van der Waals surface area contributed by atoms with Crippen LogP contribution >= 0.6 is 0 Å². The first-order chi connectivity index (χ1) is 8.47. The third kappa shape index (κ3) is 3.27. The highest BCUT2D eigenvalue weighted by molar-refractivity contribution is 5.87. The predicted molar refractivity (Wildman–Crippen MR) is 61.9 cm³/mol. The highest BCUT2D eigenvalue weighted by atomic mass is 19.1.